The van der Waals surface area contributed by atoms with Crippen molar-refractivity contribution in [2.24, 2.45) is 0 Å². The van der Waals surface area contributed by atoms with Gasteiger partial charge < -0.3 is 10.3 Å². The average molecular weight is 308 g/mol. The van der Waals surface area contributed by atoms with Crippen LogP contribution in [-0.4, -0.2) is 42.6 Å². The number of carbonyl (C=O) groups is 1. The lowest BCUT2D eigenvalue weighted by molar-refractivity contribution is 0.0909. The van der Waals surface area contributed by atoms with Crippen molar-refractivity contribution in [2.45, 2.75) is 24.9 Å². The van der Waals surface area contributed by atoms with Crippen LogP contribution in [0, 0.1) is 0 Å². The molecule has 1 saturated carbocycles. The number of aromatic nitrogens is 2. The summed E-state index contributed by atoms with van der Waals surface area (Å²) in [6.45, 7) is 0. The molecule has 2 heterocycles. The molecule has 0 radical (unpaired) electrons. The van der Waals surface area contributed by atoms with Gasteiger partial charge in [0.15, 0.2) is 0 Å². The molecule has 21 heavy (non-hydrogen) atoms. The van der Waals surface area contributed by atoms with Gasteiger partial charge in [0.1, 0.15) is 5.52 Å². The van der Waals surface area contributed by atoms with Gasteiger partial charge in [0.2, 0.25) is 10.0 Å². The summed E-state index contributed by atoms with van der Waals surface area (Å²) in [5, 5.41) is 2.89. The van der Waals surface area contributed by atoms with Crippen molar-refractivity contribution in [3.8, 4) is 0 Å². The van der Waals surface area contributed by atoms with Crippen molar-refractivity contribution in [1.82, 2.24) is 20.0 Å². The van der Waals surface area contributed by atoms with Gasteiger partial charge in [-0.05, 0) is 25.0 Å². The highest BCUT2D eigenvalue weighted by molar-refractivity contribution is 7.88. The Morgan fingerprint density at radius 3 is 2.86 bits per heavy atom. The minimum absolute atomic E-state index is 0.00888. The third kappa shape index (κ3) is 3.06. The number of amides is 1. The van der Waals surface area contributed by atoms with E-state index in [0.29, 0.717) is 23.9 Å². The lowest BCUT2D eigenvalue weighted by Crippen LogP contribution is -2.53. The largest absolute Gasteiger partial charge is 0.359 e. The van der Waals surface area contributed by atoms with Crippen molar-refractivity contribution < 1.29 is 13.2 Å². The number of hydrogen-bond acceptors (Lipinski definition) is 4. The van der Waals surface area contributed by atoms with Crippen molar-refractivity contribution in [1.29, 1.82) is 0 Å². The second kappa shape index (κ2) is 5.12. The quantitative estimate of drug-likeness (QED) is 0.759. The summed E-state index contributed by atoms with van der Waals surface area (Å²) >= 11 is 0. The third-order valence-electron chi connectivity index (χ3n) is 3.53. The van der Waals surface area contributed by atoms with Crippen LogP contribution in [0.25, 0.3) is 11.0 Å². The molecule has 1 amide bonds. The Labute approximate surface area is 122 Å². The van der Waals surface area contributed by atoms with E-state index in [9.17, 15) is 13.2 Å². The molecule has 0 unspecified atom stereocenters. The van der Waals surface area contributed by atoms with E-state index >= 15 is 0 Å². The number of H-pyrrole nitrogens is 1. The molecule has 2 aromatic heterocycles. The van der Waals surface area contributed by atoms with Crippen LogP contribution >= 0.6 is 0 Å². The van der Waals surface area contributed by atoms with Crippen LogP contribution in [0.4, 0.5) is 0 Å². The van der Waals surface area contributed by atoms with Crippen LogP contribution in [-0.2, 0) is 10.0 Å². The van der Waals surface area contributed by atoms with Gasteiger partial charge in [-0.3, -0.25) is 9.78 Å². The second-order valence-electron chi connectivity index (χ2n) is 5.33. The first kappa shape index (κ1) is 14.0. The molecule has 0 saturated heterocycles. The van der Waals surface area contributed by atoms with Gasteiger partial charge in [-0.25, -0.2) is 13.1 Å². The van der Waals surface area contributed by atoms with Crippen LogP contribution < -0.4 is 10.0 Å². The summed E-state index contributed by atoms with van der Waals surface area (Å²) in [4.78, 5) is 19.4. The first-order chi connectivity index (χ1) is 9.92. The van der Waals surface area contributed by atoms with E-state index in [0.717, 1.165) is 11.8 Å². The highest BCUT2D eigenvalue weighted by atomic mass is 32.2. The zero-order valence-electron chi connectivity index (χ0n) is 11.5. The normalized spacial score (nSPS) is 22.0. The number of sulfonamides is 1. The number of carbonyl (C=O) groups excluding carboxylic acids is 1. The smallest absolute Gasteiger partial charge is 0.255 e. The maximum absolute atomic E-state index is 12.2. The van der Waals surface area contributed by atoms with Crippen molar-refractivity contribution >= 4 is 27.0 Å². The molecule has 1 fully saturated rings. The standard InChI is InChI=1S/C13H16N4O3S/c1-21(19,20)17-9-5-8(6-9)16-13(18)10-7-15-11-3-2-4-14-12(10)11/h2-4,7-9,15,17H,5-6H2,1H3,(H,16,18). The van der Waals surface area contributed by atoms with E-state index in [-0.39, 0.29) is 18.0 Å². The number of pyridine rings is 1. The Morgan fingerprint density at radius 2 is 2.14 bits per heavy atom. The van der Waals surface area contributed by atoms with Gasteiger partial charge in [0.05, 0.1) is 17.3 Å². The molecule has 2 aromatic rings. The molecule has 1 aliphatic rings. The molecule has 0 aliphatic heterocycles. The lowest BCUT2D eigenvalue weighted by Gasteiger charge is -2.35. The fraction of sp³-hybridized carbons (Fsp3) is 0.385. The van der Waals surface area contributed by atoms with Crippen molar-refractivity contribution in [2.75, 3.05) is 6.26 Å². The molecule has 0 atom stereocenters. The third-order valence-corrected chi connectivity index (χ3v) is 4.29. The summed E-state index contributed by atoms with van der Waals surface area (Å²) < 4.78 is 24.7. The van der Waals surface area contributed by atoms with E-state index < -0.39 is 10.0 Å². The van der Waals surface area contributed by atoms with Crippen molar-refractivity contribution in [3.05, 3.63) is 30.1 Å². The maximum Gasteiger partial charge on any atom is 0.255 e. The SMILES string of the molecule is CS(=O)(=O)NC1CC(NC(=O)c2c[nH]c3cccnc23)C1. The minimum Gasteiger partial charge on any atom is -0.359 e. The lowest BCUT2D eigenvalue weighted by atomic mass is 9.87. The summed E-state index contributed by atoms with van der Waals surface area (Å²) in [5.41, 5.74) is 1.96. The highest BCUT2D eigenvalue weighted by Gasteiger charge is 2.32. The Hall–Kier alpha value is -1.93. The second-order valence-corrected chi connectivity index (χ2v) is 7.11. The molecule has 0 spiro atoms. The van der Waals surface area contributed by atoms with E-state index in [1.54, 1.807) is 18.5 Å². The summed E-state index contributed by atoms with van der Waals surface area (Å²) in [5.74, 6) is -0.192. The maximum atomic E-state index is 12.2. The Kier molecular flexibility index (Phi) is 3.42. The predicted octanol–water partition coefficient (Wildman–Crippen LogP) is 0.373. The van der Waals surface area contributed by atoms with Crippen LogP contribution in [0.5, 0.6) is 0 Å². The molecule has 3 N–H and O–H groups in total. The molecule has 112 valence electrons. The molecule has 0 aromatic carbocycles. The monoisotopic (exact) mass is 308 g/mol. The van der Waals surface area contributed by atoms with Gasteiger partial charge in [-0.2, -0.15) is 0 Å². The van der Waals surface area contributed by atoms with Gasteiger partial charge in [-0.1, -0.05) is 0 Å². The highest BCUT2D eigenvalue weighted by Crippen LogP contribution is 2.22. The zero-order chi connectivity index (χ0) is 15.0. The van der Waals surface area contributed by atoms with Crippen LogP contribution in [0.2, 0.25) is 0 Å². The summed E-state index contributed by atoms with van der Waals surface area (Å²) in [6, 6.07) is 3.55. The summed E-state index contributed by atoms with van der Waals surface area (Å²) in [7, 11) is -3.19. The van der Waals surface area contributed by atoms with E-state index in [4.69, 9.17) is 0 Å². The summed E-state index contributed by atoms with van der Waals surface area (Å²) in [6.07, 6.45) is 5.62. The first-order valence-electron chi connectivity index (χ1n) is 6.62. The van der Waals surface area contributed by atoms with Gasteiger partial charge in [0, 0.05) is 24.5 Å². The number of fused-ring (bicyclic) bond motifs is 1. The van der Waals surface area contributed by atoms with Gasteiger partial charge in [-0.15, -0.1) is 0 Å². The molecular formula is C13H16N4O3S. The van der Waals surface area contributed by atoms with Crippen molar-refractivity contribution in [3.63, 3.8) is 0 Å². The van der Waals surface area contributed by atoms with Gasteiger partial charge >= 0.3 is 0 Å². The number of rotatable bonds is 4. The van der Waals surface area contributed by atoms with Gasteiger partial charge in [0.25, 0.3) is 5.91 Å². The molecule has 8 heteroatoms. The van der Waals surface area contributed by atoms with Crippen LogP contribution in [0.15, 0.2) is 24.5 Å². The van der Waals surface area contributed by atoms with E-state index in [1.165, 1.54) is 0 Å². The van der Waals surface area contributed by atoms with Crippen LogP contribution in [0.1, 0.15) is 23.2 Å². The first-order valence-corrected chi connectivity index (χ1v) is 8.52. The molecule has 3 rings (SSSR count). The number of nitrogens with one attached hydrogen (secondary N) is 3. The Morgan fingerprint density at radius 1 is 1.38 bits per heavy atom. The minimum atomic E-state index is -3.19. The number of aromatic amines is 1. The average Bonchev–Trinajstić information content (AvgIpc) is 2.78. The fourth-order valence-corrected chi connectivity index (χ4v) is 3.32. The fourth-order valence-electron chi connectivity index (χ4n) is 2.53. The molecule has 0 bridgehead atoms. The number of nitrogens with zero attached hydrogens (tertiary/aromatic N) is 1. The Balaban J connectivity index is 1.61. The number of hydrogen-bond donors (Lipinski definition) is 3. The zero-order valence-corrected chi connectivity index (χ0v) is 12.3. The van der Waals surface area contributed by atoms with E-state index in [2.05, 4.69) is 20.0 Å². The topological polar surface area (TPSA) is 104 Å². The molecule has 7 nitrogen and oxygen atoms in total. The van der Waals surface area contributed by atoms with Crippen LogP contribution in [0.3, 0.4) is 0 Å². The predicted molar refractivity (Wildman–Crippen MR) is 78.3 cm³/mol. The Bertz CT molecular complexity index is 778. The molecule has 1 aliphatic carbocycles. The van der Waals surface area contributed by atoms with E-state index in [1.807, 2.05) is 6.07 Å². The molecular weight excluding hydrogens is 292 g/mol.